The van der Waals surface area contributed by atoms with Crippen molar-refractivity contribution in [3.8, 4) is 0 Å². The lowest BCUT2D eigenvalue weighted by molar-refractivity contribution is -0.151. The summed E-state index contributed by atoms with van der Waals surface area (Å²) >= 11 is 3.88. The van der Waals surface area contributed by atoms with Gasteiger partial charge in [0.2, 0.25) is 5.91 Å². The number of thioether (sulfide) groups is 2. The van der Waals surface area contributed by atoms with Crippen LogP contribution in [0.4, 0.5) is 5.13 Å². The normalized spacial score (nSPS) is 30.5. The van der Waals surface area contributed by atoms with Crippen molar-refractivity contribution in [2.75, 3.05) is 38.4 Å². The van der Waals surface area contributed by atoms with Crippen LogP contribution in [0.15, 0.2) is 10.5 Å². The first-order valence-corrected chi connectivity index (χ1v) is 12.2. The molecule has 1 aromatic heterocycles. The standard InChI is InChI=1S/C17H21N5O6S3/c1-27-21-10(9-5-29-16(18)19-9)12(23)20-11-13(24)22-6-17(15(25)26,7-30-14(11)22)31-8-2-3-28-4-8/h5,8,11,14H,2-4,6-7H2,1H3,(H2,18,19)(H,20,23)(H,25,26)/t8?,11?,14-,17?/m1/s1. The molecule has 3 unspecified atom stereocenters. The van der Waals surface area contributed by atoms with Crippen molar-refractivity contribution < 1.29 is 29.1 Å². The van der Waals surface area contributed by atoms with Gasteiger partial charge < -0.3 is 30.6 Å². The van der Waals surface area contributed by atoms with Gasteiger partial charge in [-0.05, 0) is 6.42 Å². The van der Waals surface area contributed by atoms with E-state index in [9.17, 15) is 19.5 Å². The molecular weight excluding hydrogens is 466 g/mol. The van der Waals surface area contributed by atoms with Gasteiger partial charge in [-0.1, -0.05) is 5.16 Å². The summed E-state index contributed by atoms with van der Waals surface area (Å²) in [4.78, 5) is 47.9. The third-order valence-electron chi connectivity index (χ3n) is 5.17. The van der Waals surface area contributed by atoms with Crippen LogP contribution >= 0.6 is 34.9 Å². The quantitative estimate of drug-likeness (QED) is 0.268. The molecule has 4 atom stereocenters. The number of nitrogens with one attached hydrogen (secondary N) is 1. The summed E-state index contributed by atoms with van der Waals surface area (Å²) in [7, 11) is 1.30. The summed E-state index contributed by atoms with van der Waals surface area (Å²) in [6, 6.07) is -0.776. The highest BCUT2D eigenvalue weighted by atomic mass is 32.2. The van der Waals surface area contributed by atoms with Crippen LogP contribution in [0.25, 0.3) is 0 Å². The van der Waals surface area contributed by atoms with Crippen LogP contribution in [-0.4, -0.2) is 92.5 Å². The number of fused-ring (bicyclic) bond motifs is 1. The molecule has 31 heavy (non-hydrogen) atoms. The Labute approximate surface area is 190 Å². The molecule has 2 amide bonds. The van der Waals surface area contributed by atoms with Crippen molar-refractivity contribution in [1.29, 1.82) is 0 Å². The monoisotopic (exact) mass is 487 g/mol. The predicted octanol–water partition coefficient (Wildman–Crippen LogP) is -0.179. The number of nitrogens with two attached hydrogens (primary N) is 1. The lowest BCUT2D eigenvalue weighted by atomic mass is 10.0. The van der Waals surface area contributed by atoms with Crippen LogP contribution in [-0.2, 0) is 24.0 Å². The van der Waals surface area contributed by atoms with Gasteiger partial charge in [0.15, 0.2) is 10.8 Å². The minimum Gasteiger partial charge on any atom is -0.480 e. The average molecular weight is 488 g/mol. The van der Waals surface area contributed by atoms with E-state index in [0.717, 1.165) is 17.8 Å². The van der Waals surface area contributed by atoms with Crippen molar-refractivity contribution in [2.24, 2.45) is 5.16 Å². The number of oxime groups is 1. The number of nitrogens with zero attached hydrogens (tertiary/aromatic N) is 3. The Bertz CT molecular complexity index is 920. The van der Waals surface area contributed by atoms with E-state index >= 15 is 0 Å². The maximum atomic E-state index is 12.8. The molecule has 0 spiro atoms. The van der Waals surface area contributed by atoms with Crippen LogP contribution in [0.3, 0.4) is 0 Å². The van der Waals surface area contributed by atoms with E-state index in [1.54, 1.807) is 5.38 Å². The van der Waals surface area contributed by atoms with E-state index in [2.05, 4.69) is 15.5 Å². The summed E-state index contributed by atoms with van der Waals surface area (Å²) < 4.78 is 4.27. The number of hydrogen-bond donors (Lipinski definition) is 3. The number of thiazole rings is 1. The highest BCUT2D eigenvalue weighted by Gasteiger charge is 2.58. The number of aliphatic carboxylic acids is 1. The second-order valence-corrected chi connectivity index (χ2v) is 10.9. The molecule has 4 N–H and O–H groups in total. The number of hydrogen-bond acceptors (Lipinski definition) is 11. The lowest BCUT2D eigenvalue weighted by Crippen LogP contribution is -2.75. The van der Waals surface area contributed by atoms with Gasteiger partial charge in [0.1, 0.15) is 29.0 Å². The van der Waals surface area contributed by atoms with Crippen molar-refractivity contribution in [2.45, 2.75) is 27.8 Å². The molecule has 0 aromatic carbocycles. The van der Waals surface area contributed by atoms with Crippen LogP contribution in [0.5, 0.6) is 0 Å². The highest BCUT2D eigenvalue weighted by Crippen LogP contribution is 2.46. The molecule has 168 valence electrons. The number of aromatic nitrogens is 1. The molecule has 0 saturated carbocycles. The SMILES string of the molecule is CON=C(C(=O)NC1C(=O)N2CC(SC3CCOC3)(C(=O)O)CS[C@H]12)c1csc(N)n1. The van der Waals surface area contributed by atoms with Gasteiger partial charge >= 0.3 is 5.97 Å². The molecule has 4 heterocycles. The first-order valence-electron chi connectivity index (χ1n) is 9.39. The number of rotatable bonds is 7. The summed E-state index contributed by atoms with van der Waals surface area (Å²) in [5.41, 5.74) is 5.79. The van der Waals surface area contributed by atoms with Gasteiger partial charge in [0.05, 0.1) is 6.61 Å². The predicted molar refractivity (Wildman–Crippen MR) is 117 cm³/mol. The third kappa shape index (κ3) is 4.21. The summed E-state index contributed by atoms with van der Waals surface area (Å²) in [5, 5.41) is 17.9. The molecule has 3 aliphatic heterocycles. The number of β-lactam (4-membered cyclic amide) rings is 1. The van der Waals surface area contributed by atoms with E-state index in [0.29, 0.717) is 19.0 Å². The summed E-state index contributed by atoms with van der Waals surface area (Å²) in [5.74, 6) is -1.55. The van der Waals surface area contributed by atoms with E-state index in [4.69, 9.17) is 15.3 Å². The van der Waals surface area contributed by atoms with Crippen molar-refractivity contribution in [1.82, 2.24) is 15.2 Å². The van der Waals surface area contributed by atoms with Gasteiger partial charge in [0, 0.05) is 29.5 Å². The molecular formula is C17H21N5O6S3. The molecule has 0 bridgehead atoms. The fraction of sp³-hybridized carbons (Fsp3) is 0.588. The van der Waals surface area contributed by atoms with Gasteiger partial charge in [-0.15, -0.1) is 34.9 Å². The second-order valence-electron chi connectivity index (χ2n) is 7.22. The Morgan fingerprint density at radius 1 is 1.55 bits per heavy atom. The Morgan fingerprint density at radius 2 is 2.35 bits per heavy atom. The Morgan fingerprint density at radius 3 is 2.97 bits per heavy atom. The first kappa shape index (κ1) is 22.2. The number of carboxylic acids is 1. The minimum atomic E-state index is -1.09. The van der Waals surface area contributed by atoms with Crippen LogP contribution in [0.2, 0.25) is 0 Å². The Hall–Kier alpha value is -2.03. The zero-order valence-corrected chi connectivity index (χ0v) is 18.9. The van der Waals surface area contributed by atoms with E-state index in [1.165, 1.54) is 35.5 Å². The van der Waals surface area contributed by atoms with Crippen LogP contribution in [0.1, 0.15) is 12.1 Å². The molecule has 1 aromatic rings. The smallest absolute Gasteiger partial charge is 0.322 e. The molecule has 14 heteroatoms. The number of anilines is 1. The number of amides is 2. The van der Waals surface area contributed by atoms with E-state index in [1.807, 2.05) is 0 Å². The molecule has 3 saturated heterocycles. The number of carboxylic acid groups (broad SMARTS) is 1. The minimum absolute atomic E-state index is 0.0841. The first-order chi connectivity index (χ1) is 14.8. The van der Waals surface area contributed by atoms with Gasteiger partial charge in [-0.3, -0.25) is 14.4 Å². The van der Waals surface area contributed by atoms with Gasteiger partial charge in [-0.25, -0.2) is 4.98 Å². The van der Waals surface area contributed by atoms with Crippen molar-refractivity contribution >= 4 is 63.5 Å². The third-order valence-corrected chi connectivity index (χ3v) is 9.16. The number of carbonyl (C=O) groups is 3. The number of ether oxygens (including phenoxy) is 1. The topological polar surface area (TPSA) is 156 Å². The second kappa shape index (κ2) is 8.84. The number of nitrogen functional groups attached to an aromatic ring is 1. The zero-order chi connectivity index (χ0) is 22.2. The van der Waals surface area contributed by atoms with Gasteiger partial charge in [0.25, 0.3) is 5.91 Å². The summed E-state index contributed by atoms with van der Waals surface area (Å²) in [6.45, 7) is 1.23. The Kier molecular flexibility index (Phi) is 6.32. The van der Waals surface area contributed by atoms with Crippen molar-refractivity contribution in [3.63, 3.8) is 0 Å². The number of carbonyl (C=O) groups excluding carboxylic acids is 2. The molecule has 3 fully saturated rings. The molecule has 4 rings (SSSR count). The van der Waals surface area contributed by atoms with Crippen LogP contribution in [0, 0.1) is 0 Å². The van der Waals surface area contributed by atoms with Crippen LogP contribution < -0.4 is 11.1 Å². The molecule has 11 nitrogen and oxygen atoms in total. The fourth-order valence-electron chi connectivity index (χ4n) is 3.63. The maximum Gasteiger partial charge on any atom is 0.322 e. The van der Waals surface area contributed by atoms with E-state index < -0.39 is 22.7 Å². The molecule has 0 aliphatic carbocycles. The molecule has 3 aliphatic rings. The summed E-state index contributed by atoms with van der Waals surface area (Å²) in [6.07, 6.45) is 0.795. The lowest BCUT2D eigenvalue weighted by Gasteiger charge is -2.53. The molecule has 0 radical (unpaired) electrons. The van der Waals surface area contributed by atoms with Crippen molar-refractivity contribution in [3.05, 3.63) is 11.1 Å². The maximum absolute atomic E-state index is 12.8. The Balaban J connectivity index is 1.43. The fourth-order valence-corrected chi connectivity index (χ4v) is 7.37. The van der Waals surface area contributed by atoms with Gasteiger partial charge in [-0.2, -0.15) is 0 Å². The average Bonchev–Trinajstić information content (AvgIpc) is 3.41. The zero-order valence-electron chi connectivity index (χ0n) is 16.5. The highest BCUT2D eigenvalue weighted by molar-refractivity contribution is 8.05. The van der Waals surface area contributed by atoms with E-state index in [-0.39, 0.29) is 39.6 Å². The largest absolute Gasteiger partial charge is 0.480 e.